The molecular weight excluding hydrogens is 481 g/mol. The molecule has 6 nitrogen and oxygen atoms in total. The van der Waals surface area contributed by atoms with Crippen molar-refractivity contribution in [3.8, 4) is 5.75 Å². The van der Waals surface area contributed by atoms with Gasteiger partial charge in [0.15, 0.2) is 5.96 Å². The van der Waals surface area contributed by atoms with Gasteiger partial charge in [-0.05, 0) is 38.3 Å². The predicted molar refractivity (Wildman–Crippen MR) is 126 cm³/mol. The Bertz CT molecular complexity index is 696. The smallest absolute Gasteiger partial charge is 0.196 e. The maximum absolute atomic E-state index is 6.04. The number of nitrogens with one attached hydrogen (secondary N) is 2. The number of halogens is 1. The molecule has 3 atom stereocenters. The summed E-state index contributed by atoms with van der Waals surface area (Å²) in [4.78, 5) is 4.69. The summed E-state index contributed by atoms with van der Waals surface area (Å²) in [6.07, 6.45) is 6.37. The lowest BCUT2D eigenvalue weighted by molar-refractivity contribution is -0.171. The van der Waals surface area contributed by atoms with Crippen molar-refractivity contribution in [3.63, 3.8) is 0 Å². The number of benzene rings is 1. The van der Waals surface area contributed by atoms with Gasteiger partial charge in [-0.1, -0.05) is 12.5 Å². The number of nitrogens with zero attached hydrogens (tertiary/aromatic N) is 1. The molecule has 3 aliphatic rings. The number of fused-ring (bicyclic) bond motifs is 2. The fraction of sp³-hybridized carbons (Fsp3) is 0.682. The van der Waals surface area contributed by atoms with E-state index < -0.39 is 0 Å². The van der Waals surface area contributed by atoms with Crippen LogP contribution in [-0.2, 0) is 9.47 Å². The second-order valence-electron chi connectivity index (χ2n) is 8.12. The number of guanidine groups is 1. The van der Waals surface area contributed by atoms with E-state index in [4.69, 9.17) is 19.2 Å². The molecule has 0 radical (unpaired) electrons. The summed E-state index contributed by atoms with van der Waals surface area (Å²) in [5, 5.41) is 7.23. The minimum Gasteiger partial charge on any atom is -0.493 e. The van der Waals surface area contributed by atoms with Crippen LogP contribution in [0.4, 0.5) is 5.69 Å². The number of rotatable bonds is 8. The van der Waals surface area contributed by atoms with E-state index in [0.29, 0.717) is 36.7 Å². The molecule has 1 heterocycles. The van der Waals surface area contributed by atoms with Crippen molar-refractivity contribution >= 4 is 35.6 Å². The highest BCUT2D eigenvalue weighted by atomic mass is 127. The van der Waals surface area contributed by atoms with Gasteiger partial charge in [0.1, 0.15) is 5.75 Å². The zero-order chi connectivity index (χ0) is 19.4. The maximum Gasteiger partial charge on any atom is 0.196 e. The van der Waals surface area contributed by atoms with Crippen LogP contribution in [0.2, 0.25) is 0 Å². The average Bonchev–Trinajstić information content (AvgIpc) is 3.07. The van der Waals surface area contributed by atoms with Gasteiger partial charge in [-0.3, -0.25) is 4.99 Å². The standard InChI is InChI=1S/C22H33N3O3.HI/c1-3-23-21(24-16-7-4-8-17(15-16)27-13-6-12-26-2)25-19-18-9-14-28-20(18)22(19)10-5-11-22;/h4,7-8,15,18-20H,3,5-6,9-14H2,1-2H3,(H2,23,24,25);1H. The van der Waals surface area contributed by atoms with Gasteiger partial charge in [0.2, 0.25) is 0 Å². The molecule has 162 valence electrons. The molecule has 1 saturated heterocycles. The Morgan fingerprint density at radius 3 is 2.90 bits per heavy atom. The molecule has 0 amide bonds. The molecule has 1 aromatic rings. The van der Waals surface area contributed by atoms with Gasteiger partial charge in [-0.2, -0.15) is 0 Å². The van der Waals surface area contributed by atoms with E-state index in [1.54, 1.807) is 7.11 Å². The molecule has 1 spiro atoms. The zero-order valence-corrected chi connectivity index (χ0v) is 19.8. The summed E-state index contributed by atoms with van der Waals surface area (Å²) < 4.78 is 16.9. The monoisotopic (exact) mass is 515 g/mol. The first-order valence-electron chi connectivity index (χ1n) is 10.7. The Hall–Kier alpha value is -1.06. The number of aliphatic imine (C=N–C) groups is 1. The van der Waals surface area contributed by atoms with Crippen molar-refractivity contribution < 1.29 is 14.2 Å². The minimum atomic E-state index is 0. The van der Waals surface area contributed by atoms with Gasteiger partial charge >= 0.3 is 0 Å². The van der Waals surface area contributed by atoms with E-state index in [9.17, 15) is 0 Å². The highest BCUT2D eigenvalue weighted by molar-refractivity contribution is 14.0. The third kappa shape index (κ3) is 4.66. The number of ether oxygens (including phenoxy) is 3. The van der Waals surface area contributed by atoms with E-state index in [-0.39, 0.29) is 24.0 Å². The molecular formula is C22H34IN3O3. The van der Waals surface area contributed by atoms with Crippen LogP contribution < -0.4 is 15.4 Å². The van der Waals surface area contributed by atoms with E-state index in [0.717, 1.165) is 43.4 Å². The molecule has 0 aromatic heterocycles. The topological polar surface area (TPSA) is 64.1 Å². The maximum atomic E-state index is 6.04. The third-order valence-corrected chi connectivity index (χ3v) is 6.50. The Balaban J connectivity index is 0.00000240. The van der Waals surface area contributed by atoms with Crippen molar-refractivity contribution in [2.24, 2.45) is 16.3 Å². The van der Waals surface area contributed by atoms with Crippen LogP contribution in [0.3, 0.4) is 0 Å². The number of hydrogen-bond donors (Lipinski definition) is 2. The van der Waals surface area contributed by atoms with Crippen molar-refractivity contribution in [1.29, 1.82) is 0 Å². The predicted octanol–water partition coefficient (Wildman–Crippen LogP) is 4.05. The average molecular weight is 515 g/mol. The minimum absolute atomic E-state index is 0. The van der Waals surface area contributed by atoms with E-state index in [1.165, 1.54) is 19.3 Å². The molecule has 4 rings (SSSR count). The van der Waals surface area contributed by atoms with E-state index in [2.05, 4.69) is 23.6 Å². The lowest BCUT2D eigenvalue weighted by Gasteiger charge is -2.63. The van der Waals surface area contributed by atoms with Crippen LogP contribution in [0.1, 0.15) is 39.0 Å². The molecule has 1 aliphatic heterocycles. The Kier molecular flexibility index (Phi) is 8.04. The van der Waals surface area contributed by atoms with Crippen molar-refractivity contribution in [3.05, 3.63) is 24.3 Å². The van der Waals surface area contributed by atoms with E-state index >= 15 is 0 Å². The summed E-state index contributed by atoms with van der Waals surface area (Å²) >= 11 is 0. The van der Waals surface area contributed by atoms with Gasteiger partial charge < -0.3 is 24.8 Å². The summed E-state index contributed by atoms with van der Waals surface area (Å²) in [5.41, 5.74) is 1.33. The Morgan fingerprint density at radius 2 is 2.17 bits per heavy atom. The molecule has 29 heavy (non-hydrogen) atoms. The summed E-state index contributed by atoms with van der Waals surface area (Å²) in [7, 11) is 1.71. The third-order valence-electron chi connectivity index (χ3n) is 6.50. The molecule has 2 saturated carbocycles. The van der Waals surface area contributed by atoms with Gasteiger partial charge in [0, 0.05) is 62.4 Å². The lowest BCUT2D eigenvalue weighted by Crippen LogP contribution is -2.72. The largest absolute Gasteiger partial charge is 0.493 e. The Labute approximate surface area is 191 Å². The Morgan fingerprint density at radius 1 is 1.31 bits per heavy atom. The molecule has 2 aliphatic carbocycles. The van der Waals surface area contributed by atoms with Crippen molar-refractivity contribution in [2.75, 3.05) is 38.8 Å². The zero-order valence-electron chi connectivity index (χ0n) is 17.5. The summed E-state index contributed by atoms with van der Waals surface area (Å²) in [6.45, 7) is 5.08. The second kappa shape index (κ2) is 10.3. The molecule has 0 bridgehead atoms. The fourth-order valence-corrected chi connectivity index (χ4v) is 5.08. The van der Waals surface area contributed by atoms with Gasteiger partial charge in [0.05, 0.1) is 12.7 Å². The second-order valence-corrected chi connectivity index (χ2v) is 8.12. The molecule has 3 unspecified atom stereocenters. The molecule has 2 N–H and O–H groups in total. The van der Waals surface area contributed by atoms with Crippen LogP contribution in [-0.4, -0.2) is 51.6 Å². The summed E-state index contributed by atoms with van der Waals surface area (Å²) in [6, 6.07) is 8.55. The van der Waals surface area contributed by atoms with Crippen LogP contribution in [0.25, 0.3) is 0 Å². The highest BCUT2D eigenvalue weighted by Gasteiger charge is 2.66. The quantitative estimate of drug-likeness (QED) is 0.237. The van der Waals surface area contributed by atoms with Crippen molar-refractivity contribution in [1.82, 2.24) is 5.32 Å². The SMILES string of the molecule is CCN=C(Nc1cccc(OCCCOC)c1)NC1C2CCOC2C12CCC2.I. The molecule has 3 fully saturated rings. The van der Waals surface area contributed by atoms with Crippen LogP contribution in [0.5, 0.6) is 5.75 Å². The van der Waals surface area contributed by atoms with Gasteiger partial charge in [0.25, 0.3) is 0 Å². The first kappa shape index (κ1) is 22.6. The number of anilines is 1. The van der Waals surface area contributed by atoms with Crippen LogP contribution in [0, 0.1) is 11.3 Å². The first-order chi connectivity index (χ1) is 13.8. The van der Waals surface area contributed by atoms with Crippen molar-refractivity contribution in [2.45, 2.75) is 51.2 Å². The lowest BCUT2D eigenvalue weighted by atomic mass is 9.46. The molecule has 7 heteroatoms. The molecule has 1 aromatic carbocycles. The van der Waals surface area contributed by atoms with Crippen LogP contribution in [0.15, 0.2) is 29.3 Å². The number of hydrogen-bond acceptors (Lipinski definition) is 4. The number of methoxy groups -OCH3 is 1. The fourth-order valence-electron chi connectivity index (χ4n) is 5.08. The van der Waals surface area contributed by atoms with Gasteiger partial charge in [-0.15, -0.1) is 24.0 Å². The van der Waals surface area contributed by atoms with Gasteiger partial charge in [-0.25, -0.2) is 0 Å². The van der Waals surface area contributed by atoms with Crippen LogP contribution >= 0.6 is 24.0 Å². The highest BCUT2D eigenvalue weighted by Crippen LogP contribution is 2.62. The first-order valence-corrected chi connectivity index (χ1v) is 10.7. The normalized spacial score (nSPS) is 26.7. The summed E-state index contributed by atoms with van der Waals surface area (Å²) in [5.74, 6) is 2.35. The van der Waals surface area contributed by atoms with E-state index in [1.807, 2.05) is 18.2 Å².